The second kappa shape index (κ2) is 5.65. The van der Waals surface area contributed by atoms with Gasteiger partial charge in [-0.25, -0.2) is 4.39 Å². The molecule has 0 aliphatic rings. The van der Waals surface area contributed by atoms with Crippen LogP contribution in [0.1, 0.15) is 5.56 Å². The Balaban J connectivity index is 2.04. The first-order chi connectivity index (χ1) is 8.15. The average Bonchev–Trinajstić information content (AvgIpc) is 2.30. The highest BCUT2D eigenvalue weighted by Crippen LogP contribution is 2.26. The molecule has 0 amide bonds. The summed E-state index contributed by atoms with van der Waals surface area (Å²) in [5.74, 6) is -0.210. The first kappa shape index (κ1) is 12.6. The van der Waals surface area contributed by atoms with E-state index in [4.69, 9.17) is 0 Å². The zero-order valence-electron chi connectivity index (χ0n) is 8.88. The third-order valence-corrected chi connectivity index (χ3v) is 3.48. The van der Waals surface area contributed by atoms with Crippen molar-refractivity contribution in [2.45, 2.75) is 6.54 Å². The lowest BCUT2D eigenvalue weighted by atomic mass is 10.2. The van der Waals surface area contributed by atoms with Gasteiger partial charge in [0.15, 0.2) is 0 Å². The van der Waals surface area contributed by atoms with Crippen LogP contribution in [0.3, 0.4) is 0 Å². The van der Waals surface area contributed by atoms with E-state index in [0.717, 1.165) is 20.2 Å². The summed E-state index contributed by atoms with van der Waals surface area (Å²) in [7, 11) is 0. The highest BCUT2D eigenvalue weighted by Gasteiger charge is 2.00. The molecule has 0 fully saturated rings. The monoisotopic (exact) mass is 357 g/mol. The summed E-state index contributed by atoms with van der Waals surface area (Å²) >= 11 is 6.88. The number of hydrogen-bond acceptors (Lipinski definition) is 1. The molecule has 1 nitrogen and oxygen atoms in total. The van der Waals surface area contributed by atoms with Crippen LogP contribution in [0.25, 0.3) is 0 Å². The maximum atomic E-state index is 12.7. The van der Waals surface area contributed by atoms with Crippen molar-refractivity contribution in [1.29, 1.82) is 0 Å². The van der Waals surface area contributed by atoms with E-state index in [-0.39, 0.29) is 5.82 Å². The van der Waals surface area contributed by atoms with Crippen molar-refractivity contribution < 1.29 is 4.39 Å². The van der Waals surface area contributed by atoms with Crippen molar-refractivity contribution in [3.8, 4) is 0 Å². The Kier molecular flexibility index (Phi) is 4.18. The Morgan fingerprint density at radius 3 is 2.35 bits per heavy atom. The van der Waals surface area contributed by atoms with E-state index in [0.29, 0.717) is 6.54 Å². The zero-order valence-corrected chi connectivity index (χ0v) is 12.1. The third-order valence-electron chi connectivity index (χ3n) is 2.33. The lowest BCUT2D eigenvalue weighted by molar-refractivity contribution is 0.627. The number of benzene rings is 2. The smallest absolute Gasteiger partial charge is 0.123 e. The fraction of sp³-hybridized carbons (Fsp3) is 0.0769. The Bertz CT molecular complexity index is 511. The summed E-state index contributed by atoms with van der Waals surface area (Å²) in [6.07, 6.45) is 0. The SMILES string of the molecule is Fc1ccc(CNc2ccc(Br)cc2Br)cc1. The Morgan fingerprint density at radius 1 is 1.00 bits per heavy atom. The van der Waals surface area contributed by atoms with E-state index in [1.165, 1.54) is 12.1 Å². The fourth-order valence-electron chi connectivity index (χ4n) is 1.43. The molecule has 0 aliphatic carbocycles. The Morgan fingerprint density at radius 2 is 1.71 bits per heavy atom. The molecule has 88 valence electrons. The first-order valence-corrected chi connectivity index (χ1v) is 6.67. The van der Waals surface area contributed by atoms with Crippen LogP contribution >= 0.6 is 31.9 Å². The van der Waals surface area contributed by atoms with Gasteiger partial charge in [-0.15, -0.1) is 0 Å². The molecule has 0 radical (unpaired) electrons. The topological polar surface area (TPSA) is 12.0 Å². The molecule has 4 heteroatoms. The molecular weight excluding hydrogens is 349 g/mol. The van der Waals surface area contributed by atoms with Gasteiger partial charge in [0.25, 0.3) is 0 Å². The van der Waals surface area contributed by atoms with Crippen LogP contribution in [0, 0.1) is 5.82 Å². The molecule has 0 atom stereocenters. The van der Waals surface area contributed by atoms with Gasteiger partial charge in [0.1, 0.15) is 5.82 Å². The van der Waals surface area contributed by atoms with Gasteiger partial charge in [-0.1, -0.05) is 28.1 Å². The first-order valence-electron chi connectivity index (χ1n) is 5.08. The van der Waals surface area contributed by atoms with Gasteiger partial charge in [-0.3, -0.25) is 0 Å². The minimum atomic E-state index is -0.210. The lowest BCUT2D eigenvalue weighted by Crippen LogP contribution is -1.99. The van der Waals surface area contributed by atoms with Crippen molar-refractivity contribution in [3.63, 3.8) is 0 Å². The number of anilines is 1. The minimum absolute atomic E-state index is 0.210. The molecular formula is C13H10Br2FN. The van der Waals surface area contributed by atoms with Crippen LogP contribution in [0.5, 0.6) is 0 Å². The molecule has 2 aromatic rings. The normalized spacial score (nSPS) is 10.3. The predicted molar refractivity (Wildman–Crippen MR) is 75.6 cm³/mol. The number of nitrogens with one attached hydrogen (secondary N) is 1. The van der Waals surface area contributed by atoms with Gasteiger partial charge in [0.2, 0.25) is 0 Å². The van der Waals surface area contributed by atoms with Crippen molar-refractivity contribution in [2.75, 3.05) is 5.32 Å². The van der Waals surface area contributed by atoms with Crippen LogP contribution in [0.15, 0.2) is 51.4 Å². The quantitative estimate of drug-likeness (QED) is 0.817. The van der Waals surface area contributed by atoms with Crippen LogP contribution in [0.2, 0.25) is 0 Å². The van der Waals surface area contributed by atoms with Gasteiger partial charge < -0.3 is 5.32 Å². The van der Waals surface area contributed by atoms with Crippen LogP contribution < -0.4 is 5.32 Å². The molecule has 0 saturated heterocycles. The van der Waals surface area contributed by atoms with Crippen LogP contribution in [0.4, 0.5) is 10.1 Å². The molecule has 2 aromatic carbocycles. The molecule has 17 heavy (non-hydrogen) atoms. The van der Waals surface area contributed by atoms with Crippen molar-refractivity contribution in [3.05, 3.63) is 62.8 Å². The predicted octanol–water partition coefficient (Wildman–Crippen LogP) is 4.96. The summed E-state index contributed by atoms with van der Waals surface area (Å²) in [4.78, 5) is 0. The Hall–Kier alpha value is -0.870. The fourth-order valence-corrected chi connectivity index (χ4v) is 2.62. The maximum Gasteiger partial charge on any atom is 0.123 e. The summed E-state index contributed by atoms with van der Waals surface area (Å²) in [5, 5.41) is 3.29. The largest absolute Gasteiger partial charge is 0.380 e. The molecule has 0 bridgehead atoms. The van der Waals surface area contributed by atoms with E-state index in [1.807, 2.05) is 18.2 Å². The highest BCUT2D eigenvalue weighted by molar-refractivity contribution is 9.11. The molecule has 0 aromatic heterocycles. The lowest BCUT2D eigenvalue weighted by Gasteiger charge is -2.09. The maximum absolute atomic E-state index is 12.7. The molecule has 2 rings (SSSR count). The Labute approximate surface area is 116 Å². The van der Waals surface area contributed by atoms with E-state index < -0.39 is 0 Å². The zero-order chi connectivity index (χ0) is 12.3. The molecule has 0 saturated carbocycles. The number of hydrogen-bond donors (Lipinski definition) is 1. The molecule has 0 heterocycles. The number of rotatable bonds is 3. The van der Waals surface area contributed by atoms with Gasteiger partial charge in [0, 0.05) is 21.2 Å². The summed E-state index contributed by atoms with van der Waals surface area (Å²) in [6, 6.07) is 12.4. The van der Waals surface area contributed by atoms with Crippen molar-refractivity contribution in [2.24, 2.45) is 0 Å². The second-order valence-corrected chi connectivity index (χ2v) is 5.37. The van der Waals surface area contributed by atoms with E-state index in [9.17, 15) is 4.39 Å². The molecule has 0 aliphatic heterocycles. The average molecular weight is 359 g/mol. The molecule has 0 unspecified atom stereocenters. The third kappa shape index (κ3) is 3.54. The molecule has 1 N–H and O–H groups in total. The van der Waals surface area contributed by atoms with E-state index in [1.54, 1.807) is 12.1 Å². The summed E-state index contributed by atoms with van der Waals surface area (Å²) < 4.78 is 14.7. The van der Waals surface area contributed by atoms with Gasteiger partial charge in [-0.05, 0) is 51.8 Å². The van der Waals surface area contributed by atoms with Gasteiger partial charge in [-0.2, -0.15) is 0 Å². The standard InChI is InChI=1S/C13H10Br2FN/c14-10-3-6-13(12(15)7-10)17-8-9-1-4-11(16)5-2-9/h1-7,17H,8H2. The number of halogens is 3. The van der Waals surface area contributed by atoms with Crippen LogP contribution in [-0.4, -0.2) is 0 Å². The van der Waals surface area contributed by atoms with E-state index in [2.05, 4.69) is 37.2 Å². The van der Waals surface area contributed by atoms with Gasteiger partial charge >= 0.3 is 0 Å². The molecule has 0 spiro atoms. The van der Waals surface area contributed by atoms with Crippen molar-refractivity contribution >= 4 is 37.5 Å². The van der Waals surface area contributed by atoms with E-state index >= 15 is 0 Å². The van der Waals surface area contributed by atoms with Crippen LogP contribution in [-0.2, 0) is 6.54 Å². The summed E-state index contributed by atoms with van der Waals surface area (Å²) in [5.41, 5.74) is 2.05. The second-order valence-electron chi connectivity index (χ2n) is 3.60. The van der Waals surface area contributed by atoms with Crippen molar-refractivity contribution in [1.82, 2.24) is 0 Å². The highest BCUT2D eigenvalue weighted by atomic mass is 79.9. The minimum Gasteiger partial charge on any atom is -0.380 e. The van der Waals surface area contributed by atoms with Gasteiger partial charge in [0.05, 0.1) is 0 Å². The summed E-state index contributed by atoms with van der Waals surface area (Å²) in [6.45, 7) is 0.667.